The van der Waals surface area contributed by atoms with Gasteiger partial charge in [-0.3, -0.25) is 19.3 Å². The molecule has 1 atom stereocenters. The van der Waals surface area contributed by atoms with Crippen molar-refractivity contribution in [2.24, 2.45) is 5.73 Å². The van der Waals surface area contributed by atoms with Gasteiger partial charge in [-0.15, -0.1) is 0 Å². The van der Waals surface area contributed by atoms with Crippen LogP contribution >= 0.6 is 0 Å². The minimum Gasteiger partial charge on any atom is -0.486 e. The van der Waals surface area contributed by atoms with Crippen LogP contribution in [0.25, 0.3) is 0 Å². The fourth-order valence-electron chi connectivity index (χ4n) is 3.45. The fourth-order valence-corrected chi connectivity index (χ4v) is 3.45. The van der Waals surface area contributed by atoms with Crippen molar-refractivity contribution < 1.29 is 28.7 Å². The summed E-state index contributed by atoms with van der Waals surface area (Å²) in [6.07, 6.45) is 0. The van der Waals surface area contributed by atoms with Gasteiger partial charge in [-0.1, -0.05) is 6.07 Å². The Kier molecular flexibility index (Phi) is 4.97. The Hall–Kier alpha value is -4.08. The number of rotatable bonds is 5. The van der Waals surface area contributed by atoms with Gasteiger partial charge in [0.2, 0.25) is 11.8 Å². The summed E-state index contributed by atoms with van der Waals surface area (Å²) < 4.78 is 11.0. The molecule has 0 unspecified atom stereocenters. The summed E-state index contributed by atoms with van der Waals surface area (Å²) in [4.78, 5) is 49.9. The van der Waals surface area contributed by atoms with E-state index in [0.29, 0.717) is 41.5 Å². The standard InChI is InChI=1S/C21H20N4O6/c1-21(13-4-7-15-16(10-13)31-9-8-30-15)19(28)25(20(29)24-21)11-17(26)23-14-5-2-12(3-6-14)18(22)27/h2-7,10H,8-9,11H2,1H3,(H2,22,27)(H,23,26)(H,24,29)/t21-/m1/s1. The van der Waals surface area contributed by atoms with Crippen LogP contribution in [-0.4, -0.2) is 48.4 Å². The number of nitrogens with one attached hydrogen (secondary N) is 2. The van der Waals surface area contributed by atoms with Gasteiger partial charge in [-0.05, 0) is 48.9 Å². The van der Waals surface area contributed by atoms with Crippen molar-refractivity contribution in [1.29, 1.82) is 0 Å². The highest BCUT2D eigenvalue weighted by Gasteiger charge is 2.49. The first-order valence-corrected chi connectivity index (χ1v) is 9.52. The number of hydrogen-bond acceptors (Lipinski definition) is 6. The van der Waals surface area contributed by atoms with Crippen LogP contribution in [-0.2, 0) is 15.1 Å². The van der Waals surface area contributed by atoms with Crippen molar-refractivity contribution >= 4 is 29.4 Å². The van der Waals surface area contributed by atoms with E-state index in [0.717, 1.165) is 4.90 Å². The zero-order chi connectivity index (χ0) is 22.2. The van der Waals surface area contributed by atoms with Crippen LogP contribution in [0.3, 0.4) is 0 Å². The summed E-state index contributed by atoms with van der Waals surface area (Å²) in [5, 5.41) is 5.23. The molecule has 2 aromatic carbocycles. The summed E-state index contributed by atoms with van der Waals surface area (Å²) in [6.45, 7) is 1.93. The van der Waals surface area contributed by atoms with Crippen LogP contribution in [0, 0.1) is 0 Å². The fraction of sp³-hybridized carbons (Fsp3) is 0.238. The molecule has 0 radical (unpaired) electrons. The van der Waals surface area contributed by atoms with Gasteiger partial charge < -0.3 is 25.8 Å². The molecule has 0 bridgehead atoms. The van der Waals surface area contributed by atoms with Gasteiger partial charge in [-0.2, -0.15) is 0 Å². The smallest absolute Gasteiger partial charge is 0.325 e. The number of urea groups is 1. The maximum atomic E-state index is 13.1. The van der Waals surface area contributed by atoms with Crippen LogP contribution in [0.15, 0.2) is 42.5 Å². The maximum Gasteiger partial charge on any atom is 0.325 e. The molecule has 0 aliphatic carbocycles. The quantitative estimate of drug-likeness (QED) is 0.611. The third-order valence-corrected chi connectivity index (χ3v) is 5.15. The number of carbonyl (C=O) groups is 4. The van der Waals surface area contributed by atoms with Crippen LogP contribution in [0.5, 0.6) is 11.5 Å². The van der Waals surface area contributed by atoms with Crippen molar-refractivity contribution in [3.05, 3.63) is 53.6 Å². The average molecular weight is 424 g/mol. The zero-order valence-electron chi connectivity index (χ0n) is 16.6. The normalized spacial score (nSPS) is 19.7. The number of amides is 5. The van der Waals surface area contributed by atoms with Gasteiger partial charge in [-0.25, -0.2) is 4.79 Å². The summed E-state index contributed by atoms with van der Waals surface area (Å²) in [7, 11) is 0. The minimum absolute atomic E-state index is 0.294. The van der Waals surface area contributed by atoms with Crippen molar-refractivity contribution in [1.82, 2.24) is 10.2 Å². The molecule has 10 nitrogen and oxygen atoms in total. The molecule has 2 aliphatic rings. The Morgan fingerprint density at radius 2 is 1.77 bits per heavy atom. The first kappa shape index (κ1) is 20.2. The summed E-state index contributed by atoms with van der Waals surface area (Å²) in [6, 6.07) is 10.3. The monoisotopic (exact) mass is 424 g/mol. The third-order valence-electron chi connectivity index (χ3n) is 5.15. The first-order chi connectivity index (χ1) is 14.8. The number of benzene rings is 2. The van der Waals surface area contributed by atoms with Gasteiger partial charge in [0.1, 0.15) is 25.3 Å². The summed E-state index contributed by atoms with van der Waals surface area (Å²) in [5.41, 5.74) is 5.04. The molecule has 160 valence electrons. The number of carbonyl (C=O) groups excluding carboxylic acids is 4. The van der Waals surface area contributed by atoms with Crippen molar-refractivity contribution in [3.63, 3.8) is 0 Å². The lowest BCUT2D eigenvalue weighted by Crippen LogP contribution is -2.42. The Bertz CT molecular complexity index is 1080. The molecule has 0 aromatic heterocycles. The van der Waals surface area contributed by atoms with Gasteiger partial charge in [0.15, 0.2) is 11.5 Å². The van der Waals surface area contributed by atoms with E-state index in [1.165, 1.54) is 24.3 Å². The molecule has 2 aliphatic heterocycles. The predicted octanol–water partition coefficient (Wildman–Crippen LogP) is 0.962. The summed E-state index contributed by atoms with van der Waals surface area (Å²) >= 11 is 0. The number of nitrogens with two attached hydrogens (primary N) is 1. The van der Waals surface area contributed by atoms with E-state index in [-0.39, 0.29) is 0 Å². The molecular formula is C21H20N4O6. The molecule has 4 N–H and O–H groups in total. The Balaban J connectivity index is 1.47. The van der Waals surface area contributed by atoms with E-state index < -0.39 is 35.8 Å². The van der Waals surface area contributed by atoms with Crippen LogP contribution in [0.1, 0.15) is 22.8 Å². The Morgan fingerprint density at radius 3 is 2.45 bits per heavy atom. The molecule has 0 spiro atoms. The van der Waals surface area contributed by atoms with Crippen molar-refractivity contribution in [2.45, 2.75) is 12.5 Å². The molecule has 2 heterocycles. The van der Waals surface area contributed by atoms with Crippen LogP contribution in [0.2, 0.25) is 0 Å². The van der Waals surface area contributed by atoms with E-state index >= 15 is 0 Å². The first-order valence-electron chi connectivity index (χ1n) is 9.52. The number of hydrogen-bond donors (Lipinski definition) is 3. The Morgan fingerprint density at radius 1 is 1.10 bits per heavy atom. The second-order valence-electron chi connectivity index (χ2n) is 7.29. The van der Waals surface area contributed by atoms with E-state index in [1.807, 2.05) is 0 Å². The van der Waals surface area contributed by atoms with E-state index in [9.17, 15) is 19.2 Å². The summed E-state index contributed by atoms with van der Waals surface area (Å²) in [5.74, 6) is -0.664. The molecule has 10 heteroatoms. The van der Waals surface area contributed by atoms with Gasteiger partial charge >= 0.3 is 6.03 Å². The largest absolute Gasteiger partial charge is 0.486 e. The van der Waals surface area contributed by atoms with Crippen molar-refractivity contribution in [2.75, 3.05) is 25.1 Å². The molecule has 0 saturated carbocycles. The molecular weight excluding hydrogens is 404 g/mol. The topological polar surface area (TPSA) is 140 Å². The third kappa shape index (κ3) is 3.75. The highest BCUT2D eigenvalue weighted by molar-refractivity contribution is 6.10. The zero-order valence-corrected chi connectivity index (χ0v) is 16.6. The second-order valence-corrected chi connectivity index (χ2v) is 7.29. The number of anilines is 1. The number of fused-ring (bicyclic) bond motifs is 1. The number of imide groups is 1. The average Bonchev–Trinajstić information content (AvgIpc) is 2.97. The van der Waals surface area contributed by atoms with Gasteiger partial charge in [0, 0.05) is 11.3 Å². The molecule has 4 rings (SSSR count). The SMILES string of the molecule is C[C@]1(c2ccc3c(c2)OCCO3)NC(=O)N(CC(=O)Nc2ccc(C(N)=O)cc2)C1=O. The lowest BCUT2D eigenvalue weighted by atomic mass is 9.91. The van der Waals surface area contributed by atoms with E-state index in [2.05, 4.69) is 10.6 Å². The van der Waals surface area contributed by atoms with E-state index in [4.69, 9.17) is 15.2 Å². The Labute approximate surface area is 177 Å². The van der Waals surface area contributed by atoms with Gasteiger partial charge in [0.25, 0.3) is 5.91 Å². The van der Waals surface area contributed by atoms with Crippen molar-refractivity contribution in [3.8, 4) is 11.5 Å². The van der Waals surface area contributed by atoms with Crippen LogP contribution < -0.4 is 25.8 Å². The predicted molar refractivity (Wildman–Crippen MR) is 109 cm³/mol. The second kappa shape index (κ2) is 7.63. The highest BCUT2D eigenvalue weighted by atomic mass is 16.6. The molecule has 31 heavy (non-hydrogen) atoms. The molecule has 2 aromatic rings. The molecule has 1 fully saturated rings. The minimum atomic E-state index is -1.35. The highest BCUT2D eigenvalue weighted by Crippen LogP contribution is 2.36. The molecule has 5 amide bonds. The number of primary amides is 1. The number of nitrogens with zero attached hydrogens (tertiary/aromatic N) is 1. The lowest BCUT2D eigenvalue weighted by molar-refractivity contribution is -0.133. The number of ether oxygens (including phenoxy) is 2. The maximum absolute atomic E-state index is 13.1. The van der Waals surface area contributed by atoms with Gasteiger partial charge in [0.05, 0.1) is 0 Å². The van der Waals surface area contributed by atoms with Crippen LogP contribution in [0.4, 0.5) is 10.5 Å². The lowest BCUT2D eigenvalue weighted by Gasteiger charge is -2.25. The van der Waals surface area contributed by atoms with E-state index in [1.54, 1.807) is 25.1 Å². The molecule has 1 saturated heterocycles.